The lowest BCUT2D eigenvalue weighted by Crippen LogP contribution is -2.52. The molecular weight excluding hydrogens is 490 g/mol. The number of pyridine rings is 1. The molecule has 4 heterocycles. The predicted molar refractivity (Wildman–Crippen MR) is 139 cm³/mol. The first-order valence-corrected chi connectivity index (χ1v) is 13.0. The monoisotopic (exact) mass is 515 g/mol. The highest BCUT2D eigenvalue weighted by Crippen LogP contribution is 2.51. The summed E-state index contributed by atoms with van der Waals surface area (Å²) in [6, 6.07) is 15.9. The van der Waals surface area contributed by atoms with Crippen LogP contribution in [-0.4, -0.2) is 40.7 Å². The van der Waals surface area contributed by atoms with Crippen molar-refractivity contribution in [2.75, 3.05) is 11.4 Å². The zero-order valence-electron chi connectivity index (χ0n) is 20.1. The molecular formula is C27H25N5O4S. The summed E-state index contributed by atoms with van der Waals surface area (Å²) in [5.41, 5.74) is 3.12. The molecule has 3 aliphatic heterocycles. The summed E-state index contributed by atoms with van der Waals surface area (Å²) in [5.74, 6) is 1.13. The minimum absolute atomic E-state index is 0.0694. The van der Waals surface area contributed by atoms with Crippen molar-refractivity contribution in [3.8, 4) is 11.5 Å². The van der Waals surface area contributed by atoms with Crippen LogP contribution in [0.2, 0.25) is 0 Å². The Bertz CT molecular complexity index is 1400. The Morgan fingerprint density at radius 2 is 1.95 bits per heavy atom. The minimum atomic E-state index is -0.567. The van der Waals surface area contributed by atoms with Crippen LogP contribution >= 0.6 is 11.8 Å². The van der Waals surface area contributed by atoms with Crippen molar-refractivity contribution in [3.63, 3.8) is 0 Å². The van der Waals surface area contributed by atoms with Crippen molar-refractivity contribution in [2.24, 2.45) is 0 Å². The number of carbonyl (C=O) groups is 3. The fourth-order valence-corrected chi connectivity index (χ4v) is 6.26. The van der Waals surface area contributed by atoms with Gasteiger partial charge in [-0.15, -0.1) is 0 Å². The van der Waals surface area contributed by atoms with Crippen molar-refractivity contribution in [3.05, 3.63) is 71.9 Å². The second-order valence-electron chi connectivity index (χ2n) is 9.26. The Hall–Kier alpha value is -4.05. The van der Waals surface area contributed by atoms with Gasteiger partial charge in [-0.1, -0.05) is 30.0 Å². The maximum Gasteiger partial charge on any atom is 0.327 e. The predicted octanol–water partition coefficient (Wildman–Crippen LogP) is 3.95. The number of piperidine rings is 1. The van der Waals surface area contributed by atoms with Crippen LogP contribution in [0.25, 0.3) is 0 Å². The molecule has 2 aromatic carbocycles. The molecule has 1 fully saturated rings. The number of amides is 4. The van der Waals surface area contributed by atoms with Gasteiger partial charge in [-0.3, -0.25) is 14.5 Å². The molecule has 3 aliphatic rings. The summed E-state index contributed by atoms with van der Waals surface area (Å²) < 4.78 is 5.95. The van der Waals surface area contributed by atoms with Gasteiger partial charge >= 0.3 is 6.03 Å². The van der Waals surface area contributed by atoms with E-state index in [1.165, 1.54) is 11.8 Å². The fourth-order valence-electron chi connectivity index (χ4n) is 5.02. The van der Waals surface area contributed by atoms with Gasteiger partial charge in [-0.05, 0) is 55.3 Å². The van der Waals surface area contributed by atoms with Gasteiger partial charge in [0.1, 0.15) is 21.8 Å². The third-order valence-electron chi connectivity index (χ3n) is 6.75. The highest BCUT2D eigenvalue weighted by atomic mass is 32.2. The summed E-state index contributed by atoms with van der Waals surface area (Å²) in [4.78, 5) is 44.5. The number of aryl methyl sites for hydroxylation is 1. The van der Waals surface area contributed by atoms with E-state index < -0.39 is 11.3 Å². The zero-order chi connectivity index (χ0) is 25.5. The molecule has 1 saturated heterocycles. The molecule has 0 saturated carbocycles. The van der Waals surface area contributed by atoms with Gasteiger partial charge in [0.15, 0.2) is 0 Å². The number of rotatable bonds is 5. The molecule has 0 spiro atoms. The molecule has 0 aliphatic carbocycles. The summed E-state index contributed by atoms with van der Waals surface area (Å²) in [5, 5.41) is 8.96. The number of carbonyl (C=O) groups excluding carboxylic acids is 3. The average Bonchev–Trinajstić information content (AvgIpc) is 3.25. The largest absolute Gasteiger partial charge is 0.457 e. The second-order valence-corrected chi connectivity index (χ2v) is 10.4. The molecule has 6 rings (SSSR count). The van der Waals surface area contributed by atoms with Crippen LogP contribution < -0.4 is 25.6 Å². The van der Waals surface area contributed by atoms with E-state index in [9.17, 15) is 14.4 Å². The Morgan fingerprint density at radius 1 is 1.11 bits per heavy atom. The van der Waals surface area contributed by atoms with Gasteiger partial charge in [0.05, 0.1) is 17.4 Å². The molecule has 188 valence electrons. The Balaban J connectivity index is 1.27. The SMILES string of the molecule is Cc1cc(Oc2ccccc2)ccc1N1C(=O)NC2c3c1ccnc3SC2C(=O)NC1CCNC(=O)C1. The van der Waals surface area contributed by atoms with Crippen molar-refractivity contribution in [1.82, 2.24) is 20.9 Å². The van der Waals surface area contributed by atoms with Gasteiger partial charge in [-0.25, -0.2) is 9.78 Å². The van der Waals surface area contributed by atoms with Crippen molar-refractivity contribution in [1.29, 1.82) is 0 Å². The number of thioether (sulfide) groups is 1. The van der Waals surface area contributed by atoms with Crippen LogP contribution in [0.5, 0.6) is 11.5 Å². The number of aromatic nitrogens is 1. The van der Waals surface area contributed by atoms with Crippen LogP contribution in [0.1, 0.15) is 30.0 Å². The van der Waals surface area contributed by atoms with Gasteiger partial charge in [0.2, 0.25) is 11.8 Å². The number of para-hydroxylation sites is 1. The molecule has 37 heavy (non-hydrogen) atoms. The summed E-state index contributed by atoms with van der Waals surface area (Å²) in [6.07, 6.45) is 2.60. The number of hydrogen-bond donors (Lipinski definition) is 3. The lowest BCUT2D eigenvalue weighted by molar-refractivity contribution is -0.124. The minimum Gasteiger partial charge on any atom is -0.457 e. The number of benzene rings is 2. The standard InChI is InChI=1S/C27H25N5O4S/c1-15-13-18(36-17-5-3-2-4-6-17)7-8-19(15)32-20-10-12-29-26-22(20)23(31-27(32)35)24(37-26)25(34)30-16-9-11-28-21(33)14-16/h2-8,10,12-13,16,23-24H,9,11,14H2,1H3,(H,28,33)(H,30,34)(H,31,35). The Morgan fingerprint density at radius 3 is 2.73 bits per heavy atom. The van der Waals surface area contributed by atoms with Gasteiger partial charge in [0.25, 0.3) is 0 Å². The lowest BCUT2D eigenvalue weighted by atomic mass is 9.98. The highest BCUT2D eigenvalue weighted by molar-refractivity contribution is 8.01. The van der Waals surface area contributed by atoms with Gasteiger partial charge < -0.3 is 20.7 Å². The van der Waals surface area contributed by atoms with E-state index in [-0.39, 0.29) is 30.3 Å². The molecule has 0 radical (unpaired) electrons. The molecule has 3 atom stereocenters. The average molecular weight is 516 g/mol. The molecule has 4 amide bonds. The first-order valence-electron chi connectivity index (χ1n) is 12.1. The topological polar surface area (TPSA) is 113 Å². The van der Waals surface area contributed by atoms with E-state index in [0.717, 1.165) is 27.6 Å². The quantitative estimate of drug-likeness (QED) is 0.474. The maximum absolute atomic E-state index is 13.4. The van der Waals surface area contributed by atoms with Crippen molar-refractivity contribution < 1.29 is 19.1 Å². The van der Waals surface area contributed by atoms with Gasteiger partial charge in [-0.2, -0.15) is 0 Å². The Labute approximate surface area is 218 Å². The maximum atomic E-state index is 13.4. The van der Waals surface area contributed by atoms with Crippen LogP contribution in [0.4, 0.5) is 16.2 Å². The normalized spacial score (nSPS) is 22.1. The van der Waals surface area contributed by atoms with E-state index in [1.54, 1.807) is 11.1 Å². The van der Waals surface area contributed by atoms with E-state index >= 15 is 0 Å². The van der Waals surface area contributed by atoms with E-state index in [4.69, 9.17) is 4.74 Å². The van der Waals surface area contributed by atoms with Crippen molar-refractivity contribution >= 4 is 41.0 Å². The number of ether oxygens (including phenoxy) is 1. The van der Waals surface area contributed by atoms with Gasteiger partial charge in [0, 0.05) is 30.8 Å². The first-order chi connectivity index (χ1) is 18.0. The third-order valence-corrected chi connectivity index (χ3v) is 8.03. The van der Waals surface area contributed by atoms with Crippen LogP contribution in [-0.2, 0) is 9.59 Å². The molecule has 0 bridgehead atoms. The van der Waals surface area contributed by atoms with E-state index in [0.29, 0.717) is 24.4 Å². The number of hydrogen-bond acceptors (Lipinski definition) is 6. The number of anilines is 2. The zero-order valence-corrected chi connectivity index (χ0v) is 20.9. The van der Waals surface area contributed by atoms with Crippen LogP contribution in [0, 0.1) is 6.92 Å². The fraction of sp³-hybridized carbons (Fsp3) is 0.259. The molecule has 3 N–H and O–H groups in total. The third kappa shape index (κ3) is 4.37. The summed E-state index contributed by atoms with van der Waals surface area (Å²) in [6.45, 7) is 2.47. The lowest BCUT2D eigenvalue weighted by Gasteiger charge is -2.35. The number of urea groups is 1. The number of nitrogens with one attached hydrogen (secondary N) is 3. The van der Waals surface area contributed by atoms with E-state index in [1.807, 2.05) is 61.5 Å². The first kappa shape index (κ1) is 23.4. The summed E-state index contributed by atoms with van der Waals surface area (Å²) in [7, 11) is 0. The number of nitrogens with zero attached hydrogens (tertiary/aromatic N) is 2. The van der Waals surface area contributed by atoms with Crippen molar-refractivity contribution in [2.45, 2.75) is 42.1 Å². The molecule has 1 aromatic heterocycles. The molecule has 3 aromatic rings. The molecule has 10 heteroatoms. The second kappa shape index (κ2) is 9.44. The van der Waals surface area contributed by atoms with Crippen LogP contribution in [0.3, 0.4) is 0 Å². The summed E-state index contributed by atoms with van der Waals surface area (Å²) >= 11 is 1.34. The molecule has 9 nitrogen and oxygen atoms in total. The molecule has 3 unspecified atom stereocenters. The van der Waals surface area contributed by atoms with Crippen LogP contribution in [0.15, 0.2) is 65.8 Å². The van der Waals surface area contributed by atoms with E-state index in [2.05, 4.69) is 20.9 Å². The smallest absolute Gasteiger partial charge is 0.327 e. The Kier molecular flexibility index (Phi) is 5.96. The highest BCUT2D eigenvalue weighted by Gasteiger charge is 2.47.